The van der Waals surface area contributed by atoms with Crippen LogP contribution in [0.25, 0.3) is 5.69 Å². The van der Waals surface area contributed by atoms with Gasteiger partial charge in [-0.2, -0.15) is 0 Å². The zero-order chi connectivity index (χ0) is 25.8. The minimum absolute atomic E-state index is 0.0949. The summed E-state index contributed by atoms with van der Waals surface area (Å²) in [7, 11) is 1.63. The number of anilines is 2. The molecule has 3 aromatic heterocycles. The molecule has 9 nitrogen and oxygen atoms in total. The summed E-state index contributed by atoms with van der Waals surface area (Å²) in [5.74, 6) is 1.92. The van der Waals surface area contributed by atoms with E-state index in [0.29, 0.717) is 12.4 Å². The molecular weight excluding hydrogens is 468 g/mol. The van der Waals surface area contributed by atoms with Crippen molar-refractivity contribution >= 4 is 11.6 Å². The zero-order valence-corrected chi connectivity index (χ0v) is 20.9. The first kappa shape index (κ1) is 24.3. The number of nitrogens with one attached hydrogen (secondary N) is 2. The largest absolute Gasteiger partial charge is 0.497 e. The van der Waals surface area contributed by atoms with Crippen LogP contribution in [0.4, 0.5) is 11.6 Å². The van der Waals surface area contributed by atoms with Crippen molar-refractivity contribution in [2.24, 2.45) is 0 Å². The molecule has 4 aromatic rings. The average Bonchev–Trinajstić information content (AvgIpc) is 3.36. The summed E-state index contributed by atoms with van der Waals surface area (Å²) in [6, 6.07) is 16.9. The Morgan fingerprint density at radius 3 is 2.43 bits per heavy atom. The molecule has 1 aromatic carbocycles. The van der Waals surface area contributed by atoms with Crippen molar-refractivity contribution in [3.8, 4) is 11.4 Å². The lowest BCUT2D eigenvalue weighted by atomic mass is 10.2. The van der Waals surface area contributed by atoms with Gasteiger partial charge in [-0.05, 0) is 62.1 Å². The minimum atomic E-state index is -0.124. The van der Waals surface area contributed by atoms with E-state index >= 15 is 0 Å². The van der Waals surface area contributed by atoms with Gasteiger partial charge in [0, 0.05) is 36.2 Å². The van der Waals surface area contributed by atoms with Crippen molar-refractivity contribution in [1.82, 2.24) is 19.1 Å². The topological polar surface area (TPSA) is 103 Å². The van der Waals surface area contributed by atoms with Crippen molar-refractivity contribution in [3.63, 3.8) is 0 Å². The Kier molecular flexibility index (Phi) is 7.02. The summed E-state index contributed by atoms with van der Waals surface area (Å²) >= 11 is 0. The van der Waals surface area contributed by atoms with Gasteiger partial charge in [-0.25, -0.2) is 9.97 Å². The molecule has 0 bridgehead atoms. The number of methoxy groups -OCH3 is 1. The van der Waals surface area contributed by atoms with Gasteiger partial charge in [0.15, 0.2) is 5.82 Å². The molecule has 1 aliphatic rings. The maximum Gasteiger partial charge on any atom is 0.293 e. The molecule has 0 aliphatic heterocycles. The second kappa shape index (κ2) is 10.7. The molecule has 0 unspecified atom stereocenters. The Balaban J connectivity index is 1.21. The number of hydrogen-bond donors (Lipinski definition) is 2. The predicted octanol–water partition coefficient (Wildman–Crippen LogP) is 3.60. The van der Waals surface area contributed by atoms with Gasteiger partial charge in [-0.15, -0.1) is 0 Å². The van der Waals surface area contributed by atoms with Crippen LogP contribution in [0.2, 0.25) is 0 Å². The van der Waals surface area contributed by atoms with Gasteiger partial charge < -0.3 is 19.9 Å². The number of aryl methyl sites for hydroxylation is 1. The fourth-order valence-electron chi connectivity index (χ4n) is 4.68. The first-order valence-corrected chi connectivity index (χ1v) is 12.4. The monoisotopic (exact) mass is 498 g/mol. The number of ether oxygens (including phenoxy) is 1. The fourth-order valence-corrected chi connectivity index (χ4v) is 4.68. The maximum absolute atomic E-state index is 13.2. The van der Waals surface area contributed by atoms with Crippen LogP contribution < -0.4 is 26.5 Å². The van der Waals surface area contributed by atoms with Gasteiger partial charge in [0.25, 0.3) is 11.1 Å². The first-order valence-electron chi connectivity index (χ1n) is 12.4. The molecule has 1 aliphatic carbocycles. The number of rotatable bonds is 8. The Morgan fingerprint density at radius 1 is 0.946 bits per heavy atom. The molecule has 5 rings (SSSR count). The second-order valence-corrected chi connectivity index (χ2v) is 9.29. The Labute approximate surface area is 214 Å². The van der Waals surface area contributed by atoms with Crippen LogP contribution >= 0.6 is 0 Å². The number of aromatic nitrogens is 4. The highest BCUT2D eigenvalue weighted by Gasteiger charge is 2.26. The van der Waals surface area contributed by atoms with E-state index in [4.69, 9.17) is 4.74 Å². The molecule has 1 saturated carbocycles. The van der Waals surface area contributed by atoms with Gasteiger partial charge in [-0.1, -0.05) is 18.2 Å². The van der Waals surface area contributed by atoms with E-state index < -0.39 is 0 Å². The molecule has 9 heteroatoms. The molecule has 2 atom stereocenters. The van der Waals surface area contributed by atoms with Crippen LogP contribution in [0, 0.1) is 6.92 Å². The SMILES string of the molecule is COc1ccc(Cn2c(C)cnc(N[C@H]3CC[C@H](Nc4ccc(-n5ccccc5=O)cn4)C3)c2=O)cc1. The lowest BCUT2D eigenvalue weighted by molar-refractivity contribution is 0.414. The molecule has 0 spiro atoms. The van der Waals surface area contributed by atoms with Crippen LogP contribution in [0.5, 0.6) is 5.75 Å². The fraction of sp³-hybridized carbons (Fsp3) is 0.286. The second-order valence-electron chi connectivity index (χ2n) is 9.29. The van der Waals surface area contributed by atoms with Crippen LogP contribution in [-0.4, -0.2) is 38.3 Å². The van der Waals surface area contributed by atoms with E-state index in [-0.39, 0.29) is 23.2 Å². The number of nitrogens with zero attached hydrogens (tertiary/aromatic N) is 4. The van der Waals surface area contributed by atoms with Crippen molar-refractivity contribution in [1.29, 1.82) is 0 Å². The van der Waals surface area contributed by atoms with Gasteiger partial charge in [0.1, 0.15) is 11.6 Å². The highest BCUT2D eigenvalue weighted by Crippen LogP contribution is 2.24. The minimum Gasteiger partial charge on any atom is -0.497 e. The number of pyridine rings is 2. The molecule has 2 N–H and O–H groups in total. The quantitative estimate of drug-likeness (QED) is 0.383. The Hall–Kier alpha value is -4.40. The van der Waals surface area contributed by atoms with Gasteiger partial charge >= 0.3 is 0 Å². The molecule has 37 heavy (non-hydrogen) atoms. The van der Waals surface area contributed by atoms with E-state index in [1.807, 2.05) is 49.4 Å². The molecule has 0 amide bonds. The van der Waals surface area contributed by atoms with E-state index in [1.165, 1.54) is 6.07 Å². The predicted molar refractivity (Wildman–Crippen MR) is 144 cm³/mol. The molecule has 190 valence electrons. The lowest BCUT2D eigenvalue weighted by Gasteiger charge is -2.17. The highest BCUT2D eigenvalue weighted by atomic mass is 16.5. The number of hydrogen-bond acceptors (Lipinski definition) is 7. The van der Waals surface area contributed by atoms with Crippen LogP contribution in [0.15, 0.2) is 82.8 Å². The maximum atomic E-state index is 13.2. The van der Waals surface area contributed by atoms with Crippen LogP contribution in [0.1, 0.15) is 30.5 Å². The average molecular weight is 499 g/mol. The summed E-state index contributed by atoms with van der Waals surface area (Å²) in [5.41, 5.74) is 2.33. The third kappa shape index (κ3) is 5.55. The summed E-state index contributed by atoms with van der Waals surface area (Å²) in [6.07, 6.45) is 7.87. The Morgan fingerprint density at radius 2 is 1.73 bits per heavy atom. The summed E-state index contributed by atoms with van der Waals surface area (Å²) in [5, 5.41) is 6.85. The van der Waals surface area contributed by atoms with E-state index in [9.17, 15) is 9.59 Å². The summed E-state index contributed by atoms with van der Waals surface area (Å²) < 4.78 is 8.52. The summed E-state index contributed by atoms with van der Waals surface area (Å²) in [4.78, 5) is 34.1. The highest BCUT2D eigenvalue weighted by molar-refractivity contribution is 5.42. The van der Waals surface area contributed by atoms with Crippen molar-refractivity contribution < 1.29 is 4.74 Å². The van der Waals surface area contributed by atoms with E-state index in [1.54, 1.807) is 40.9 Å². The summed E-state index contributed by atoms with van der Waals surface area (Å²) in [6.45, 7) is 2.36. The standard InChI is InChI=1S/C28H30N6O3/c1-19-16-30-27(28(36)34(19)18-20-6-11-24(37-2)12-7-20)32-22-9-8-21(15-22)31-25-13-10-23(17-29-25)33-14-4-3-5-26(33)35/h3-7,10-14,16-17,21-22H,8-9,15,18H2,1-2H3,(H,29,31)(H,30,32)/t21-,22-/m0/s1. The smallest absolute Gasteiger partial charge is 0.293 e. The molecule has 3 heterocycles. The first-order chi connectivity index (χ1) is 18.0. The van der Waals surface area contributed by atoms with Crippen molar-refractivity contribution in [2.45, 2.75) is 44.8 Å². The van der Waals surface area contributed by atoms with Crippen molar-refractivity contribution in [3.05, 3.63) is 105 Å². The van der Waals surface area contributed by atoms with Gasteiger partial charge in [0.2, 0.25) is 0 Å². The molecule has 1 fully saturated rings. The Bertz CT molecular complexity index is 1480. The molecule has 0 saturated heterocycles. The number of benzene rings is 1. The zero-order valence-electron chi connectivity index (χ0n) is 20.9. The van der Waals surface area contributed by atoms with E-state index in [0.717, 1.165) is 47.8 Å². The van der Waals surface area contributed by atoms with E-state index in [2.05, 4.69) is 20.6 Å². The lowest BCUT2D eigenvalue weighted by Crippen LogP contribution is -2.30. The van der Waals surface area contributed by atoms with Gasteiger partial charge in [-0.3, -0.25) is 14.2 Å². The molecule has 0 radical (unpaired) electrons. The van der Waals surface area contributed by atoms with Crippen LogP contribution in [-0.2, 0) is 6.54 Å². The molecular formula is C28H30N6O3. The normalized spacial score (nSPS) is 16.9. The van der Waals surface area contributed by atoms with Crippen molar-refractivity contribution in [2.75, 3.05) is 17.7 Å². The third-order valence-electron chi connectivity index (χ3n) is 6.73. The van der Waals surface area contributed by atoms with Gasteiger partial charge in [0.05, 0.1) is 25.5 Å². The third-order valence-corrected chi connectivity index (χ3v) is 6.73. The van der Waals surface area contributed by atoms with Crippen LogP contribution in [0.3, 0.4) is 0 Å².